The van der Waals surface area contributed by atoms with Gasteiger partial charge >= 0.3 is 6.18 Å². The highest BCUT2D eigenvalue weighted by Gasteiger charge is 2.63. The van der Waals surface area contributed by atoms with Gasteiger partial charge in [-0.15, -0.1) is 0 Å². The summed E-state index contributed by atoms with van der Waals surface area (Å²) in [4.78, 5) is 24.6. The minimum Gasteiger partial charge on any atom is -0.390 e. The Morgan fingerprint density at radius 2 is 1.94 bits per heavy atom. The number of nitrogens with zero attached hydrogens (tertiary/aromatic N) is 5. The van der Waals surface area contributed by atoms with Crippen molar-refractivity contribution >= 4 is 24.0 Å². The van der Waals surface area contributed by atoms with Crippen LogP contribution in [0.25, 0.3) is 0 Å². The molecular weight excluding hydrogens is 455 g/mol. The Labute approximate surface area is 195 Å². The summed E-state index contributed by atoms with van der Waals surface area (Å²) in [5, 5.41) is 25.7. The van der Waals surface area contributed by atoms with E-state index in [0.717, 1.165) is 11.4 Å². The molecule has 0 radical (unpaired) electrons. The molecule has 5 aliphatic rings. The van der Waals surface area contributed by atoms with Crippen LogP contribution >= 0.6 is 0 Å². The third-order valence-corrected chi connectivity index (χ3v) is 7.86. The number of hydrazone groups is 1. The first-order chi connectivity index (χ1) is 16.1. The molecule has 1 aliphatic carbocycles. The van der Waals surface area contributed by atoms with Gasteiger partial charge < -0.3 is 19.8 Å². The number of aliphatic hydroxyl groups excluding tert-OH is 2. The molecule has 0 aromatic heterocycles. The van der Waals surface area contributed by atoms with Crippen molar-refractivity contribution in [3.63, 3.8) is 0 Å². The van der Waals surface area contributed by atoms with Crippen molar-refractivity contribution in [3.05, 3.63) is 0 Å². The number of carbonyl (C=O) groups is 1. The molecule has 9 nitrogen and oxygen atoms in total. The normalized spacial score (nSPS) is 39.3. The van der Waals surface area contributed by atoms with Crippen LogP contribution in [0, 0.1) is 11.8 Å². The maximum atomic E-state index is 13.6. The number of hydrogen-bond donors (Lipinski definition) is 2. The van der Waals surface area contributed by atoms with Crippen LogP contribution in [0.15, 0.2) is 15.1 Å². The number of alkyl halides is 3. The molecule has 0 aromatic carbocycles. The van der Waals surface area contributed by atoms with E-state index in [0.29, 0.717) is 25.1 Å². The summed E-state index contributed by atoms with van der Waals surface area (Å²) in [5.41, 5.74) is -0.392. The summed E-state index contributed by atoms with van der Waals surface area (Å²) in [6.07, 6.45) is -1.01. The maximum Gasteiger partial charge on any atom is 0.407 e. The largest absolute Gasteiger partial charge is 0.407 e. The minimum atomic E-state index is -4.41. The van der Waals surface area contributed by atoms with Gasteiger partial charge in [-0.3, -0.25) is 19.8 Å². The van der Waals surface area contributed by atoms with Gasteiger partial charge in [0.15, 0.2) is 0 Å². The Morgan fingerprint density at radius 3 is 2.62 bits per heavy atom. The van der Waals surface area contributed by atoms with Gasteiger partial charge in [-0.1, -0.05) is 0 Å². The monoisotopic (exact) mass is 485 g/mol. The van der Waals surface area contributed by atoms with Gasteiger partial charge in [0.2, 0.25) is 5.91 Å². The van der Waals surface area contributed by atoms with Crippen molar-refractivity contribution < 1.29 is 32.9 Å². The Balaban J connectivity index is 1.46. The van der Waals surface area contributed by atoms with Crippen LogP contribution in [0.1, 0.15) is 32.1 Å². The fourth-order valence-electron chi connectivity index (χ4n) is 6.36. The van der Waals surface area contributed by atoms with E-state index in [1.807, 2.05) is 6.21 Å². The SMILES string of the molecule is COC1CN=CC(C2CCC3C(=O)N(C4C=NN(CC(F)(F)F)C4)C4(C[C@H](O)[C@@H](O)C4)C3=N2)C1. The predicted molar refractivity (Wildman–Crippen MR) is 117 cm³/mol. The van der Waals surface area contributed by atoms with Crippen LogP contribution in [0.3, 0.4) is 0 Å². The average Bonchev–Trinajstić information content (AvgIpc) is 3.42. The molecular formula is C22H30F3N5O4. The Morgan fingerprint density at radius 1 is 1.21 bits per heavy atom. The first kappa shape index (κ1) is 23.7. The van der Waals surface area contributed by atoms with Crippen molar-refractivity contribution in [1.82, 2.24) is 9.91 Å². The molecule has 34 heavy (non-hydrogen) atoms. The zero-order valence-electron chi connectivity index (χ0n) is 18.9. The first-order valence-corrected chi connectivity index (χ1v) is 11.8. The van der Waals surface area contributed by atoms with Crippen LogP contribution in [-0.2, 0) is 9.53 Å². The number of ether oxygens (including phenoxy) is 1. The van der Waals surface area contributed by atoms with Crippen LogP contribution in [-0.4, -0.2) is 113 Å². The summed E-state index contributed by atoms with van der Waals surface area (Å²) in [6, 6.07) is -0.792. The molecule has 5 unspecified atom stereocenters. The predicted octanol–water partition coefficient (Wildman–Crippen LogP) is 0.641. The number of hydrogen-bond acceptors (Lipinski definition) is 8. The molecule has 1 spiro atoms. The van der Waals surface area contributed by atoms with E-state index in [1.165, 1.54) is 6.21 Å². The van der Waals surface area contributed by atoms with Crippen LogP contribution in [0.2, 0.25) is 0 Å². The summed E-state index contributed by atoms with van der Waals surface area (Å²) in [7, 11) is 1.65. The Hall–Kier alpha value is -2.05. The molecule has 1 saturated heterocycles. The summed E-state index contributed by atoms with van der Waals surface area (Å²) < 4.78 is 44.2. The number of carbonyl (C=O) groups excluding carboxylic acids is 1. The number of halogens is 3. The highest BCUT2D eigenvalue weighted by molar-refractivity contribution is 6.17. The molecule has 1 saturated carbocycles. The lowest BCUT2D eigenvalue weighted by Crippen LogP contribution is -2.55. The molecule has 0 bridgehead atoms. The zero-order chi connectivity index (χ0) is 24.3. The fraction of sp³-hybridized carbons (Fsp3) is 0.818. The molecule has 4 aliphatic heterocycles. The third-order valence-electron chi connectivity index (χ3n) is 7.86. The topological polar surface area (TPSA) is 110 Å². The van der Waals surface area contributed by atoms with Crippen molar-refractivity contribution in [3.8, 4) is 0 Å². The number of fused-ring (bicyclic) bond motifs is 2. The van der Waals surface area contributed by atoms with E-state index in [2.05, 4.69) is 10.1 Å². The number of amides is 1. The smallest absolute Gasteiger partial charge is 0.390 e. The fourth-order valence-corrected chi connectivity index (χ4v) is 6.36. The van der Waals surface area contributed by atoms with Gasteiger partial charge in [-0.25, -0.2) is 0 Å². The first-order valence-electron chi connectivity index (χ1n) is 11.8. The molecule has 4 heterocycles. The lowest BCUT2D eigenvalue weighted by atomic mass is 9.79. The molecule has 1 amide bonds. The van der Waals surface area contributed by atoms with Crippen molar-refractivity contribution in [2.75, 3.05) is 26.7 Å². The third kappa shape index (κ3) is 4.03. The van der Waals surface area contributed by atoms with E-state index < -0.39 is 42.4 Å². The van der Waals surface area contributed by atoms with Crippen molar-refractivity contribution in [2.24, 2.45) is 26.9 Å². The quantitative estimate of drug-likeness (QED) is 0.608. The molecule has 188 valence electrons. The highest BCUT2D eigenvalue weighted by Crippen LogP contribution is 2.49. The zero-order valence-corrected chi connectivity index (χ0v) is 18.9. The van der Waals surface area contributed by atoms with Crippen molar-refractivity contribution in [1.29, 1.82) is 0 Å². The van der Waals surface area contributed by atoms with Gasteiger partial charge in [-0.05, 0) is 19.3 Å². The molecule has 7 atom stereocenters. The second kappa shape index (κ2) is 8.56. The average molecular weight is 486 g/mol. The number of methoxy groups -OCH3 is 1. The van der Waals surface area contributed by atoms with Crippen molar-refractivity contribution in [2.45, 2.75) is 74.2 Å². The summed E-state index contributed by atoms with van der Waals surface area (Å²) in [5.74, 6) is -0.659. The van der Waals surface area contributed by atoms with Gasteiger partial charge in [0.1, 0.15) is 6.54 Å². The minimum absolute atomic E-state index is 0.00744. The maximum absolute atomic E-state index is 13.6. The highest BCUT2D eigenvalue weighted by atomic mass is 19.4. The Bertz CT molecular complexity index is 899. The lowest BCUT2D eigenvalue weighted by Gasteiger charge is -2.39. The summed E-state index contributed by atoms with van der Waals surface area (Å²) in [6.45, 7) is -0.690. The van der Waals surface area contributed by atoms with Gasteiger partial charge in [0.25, 0.3) is 0 Å². The van der Waals surface area contributed by atoms with E-state index in [4.69, 9.17) is 9.73 Å². The number of aliphatic imine (C=N–C) groups is 2. The van der Waals surface area contributed by atoms with Crippen LogP contribution in [0.4, 0.5) is 13.2 Å². The lowest BCUT2D eigenvalue weighted by molar-refractivity contribution is -0.146. The molecule has 0 aromatic rings. The van der Waals surface area contributed by atoms with Gasteiger partial charge in [0, 0.05) is 38.3 Å². The van der Waals surface area contributed by atoms with E-state index in [9.17, 15) is 28.2 Å². The molecule has 2 fully saturated rings. The van der Waals surface area contributed by atoms with Gasteiger partial charge in [0.05, 0.1) is 60.7 Å². The second-order valence-corrected chi connectivity index (χ2v) is 10.1. The number of likely N-dealkylation sites (tertiary alicyclic amines) is 1. The Kier molecular flexibility index (Phi) is 5.96. The summed E-state index contributed by atoms with van der Waals surface area (Å²) >= 11 is 0. The molecule has 5 rings (SSSR count). The molecule has 12 heteroatoms. The van der Waals surface area contributed by atoms with E-state index >= 15 is 0 Å². The standard InChI is InChI=1S/C22H30F3N5O4/c1-34-14-4-12(7-26-9-14)16-3-2-15-19(28-16)21(5-17(31)18(32)6-21)30(20(15)33)13-8-27-29(10-13)11-22(23,24)25/h7-8,12-18,31-32H,2-6,9-11H2,1H3/t12?,13?,14?,15?,16?,17-,18-/m0/s1. The van der Waals surface area contributed by atoms with E-state index in [-0.39, 0.29) is 43.4 Å². The van der Waals surface area contributed by atoms with Crippen LogP contribution in [0.5, 0.6) is 0 Å². The second-order valence-electron chi connectivity index (χ2n) is 10.1. The molecule has 2 N–H and O–H groups in total. The van der Waals surface area contributed by atoms with Crippen LogP contribution < -0.4 is 0 Å². The number of rotatable bonds is 4. The number of aliphatic hydroxyl groups is 2. The van der Waals surface area contributed by atoms with E-state index in [1.54, 1.807) is 12.0 Å². The van der Waals surface area contributed by atoms with Gasteiger partial charge in [-0.2, -0.15) is 18.3 Å².